The van der Waals surface area contributed by atoms with E-state index >= 15 is 0 Å². The minimum Gasteiger partial charge on any atom is -0.496 e. The second-order valence-electron chi connectivity index (χ2n) is 6.13. The van der Waals surface area contributed by atoms with Crippen molar-refractivity contribution in [3.63, 3.8) is 0 Å². The van der Waals surface area contributed by atoms with Gasteiger partial charge in [-0.25, -0.2) is 5.48 Å². The largest absolute Gasteiger partial charge is 0.496 e. The van der Waals surface area contributed by atoms with E-state index in [1.807, 2.05) is 0 Å². The molecule has 10 nitrogen and oxygen atoms in total. The highest BCUT2D eigenvalue weighted by atomic mass is 16.5. The molecule has 3 amide bonds. The topological polar surface area (TPSA) is 145 Å². The number of hydroxylamine groups is 1. The van der Waals surface area contributed by atoms with E-state index in [1.54, 1.807) is 41.9 Å². The van der Waals surface area contributed by atoms with Crippen LogP contribution in [-0.4, -0.2) is 40.2 Å². The lowest BCUT2D eigenvalue weighted by Crippen LogP contribution is -2.25. The lowest BCUT2D eigenvalue weighted by Gasteiger charge is -2.10. The molecule has 0 atom stereocenters. The summed E-state index contributed by atoms with van der Waals surface area (Å²) >= 11 is 0. The lowest BCUT2D eigenvalue weighted by molar-refractivity contribution is 0.0706. The Labute approximate surface area is 171 Å². The SMILES string of the molecule is COc1ccccc1C(=O)Nc1cn[nH]c1C(=O)NCc1ccc(C(=O)NO)cc1. The van der Waals surface area contributed by atoms with Gasteiger partial charge in [0.15, 0.2) is 0 Å². The summed E-state index contributed by atoms with van der Waals surface area (Å²) in [5.41, 5.74) is 3.19. The Kier molecular flexibility index (Phi) is 6.40. The number of aromatic nitrogens is 2. The second-order valence-corrected chi connectivity index (χ2v) is 6.13. The van der Waals surface area contributed by atoms with Gasteiger partial charge in [0.1, 0.15) is 11.4 Å². The number of nitrogens with one attached hydrogen (secondary N) is 4. The van der Waals surface area contributed by atoms with E-state index in [1.165, 1.54) is 25.4 Å². The highest BCUT2D eigenvalue weighted by molar-refractivity contribution is 6.09. The van der Waals surface area contributed by atoms with Gasteiger partial charge < -0.3 is 15.4 Å². The Bertz CT molecular complexity index is 1060. The maximum Gasteiger partial charge on any atom is 0.274 e. The molecule has 0 spiro atoms. The van der Waals surface area contributed by atoms with Gasteiger partial charge in [0.25, 0.3) is 17.7 Å². The Balaban J connectivity index is 1.65. The minimum absolute atomic E-state index is 0.0922. The predicted molar refractivity (Wildman–Crippen MR) is 106 cm³/mol. The Morgan fingerprint density at radius 1 is 1.03 bits per heavy atom. The Morgan fingerprint density at radius 3 is 2.47 bits per heavy atom. The number of hydrogen-bond acceptors (Lipinski definition) is 6. The fraction of sp³-hybridized carbons (Fsp3) is 0.100. The minimum atomic E-state index is -0.626. The van der Waals surface area contributed by atoms with Crippen molar-refractivity contribution in [2.75, 3.05) is 12.4 Å². The van der Waals surface area contributed by atoms with E-state index in [9.17, 15) is 14.4 Å². The fourth-order valence-electron chi connectivity index (χ4n) is 2.69. The monoisotopic (exact) mass is 409 g/mol. The summed E-state index contributed by atoms with van der Waals surface area (Å²) < 4.78 is 5.18. The van der Waals surface area contributed by atoms with Gasteiger partial charge in [0.05, 0.1) is 24.6 Å². The van der Waals surface area contributed by atoms with E-state index in [0.29, 0.717) is 11.3 Å². The van der Waals surface area contributed by atoms with Crippen LogP contribution in [-0.2, 0) is 6.54 Å². The molecule has 0 unspecified atom stereocenters. The van der Waals surface area contributed by atoms with Crippen LogP contribution in [0.15, 0.2) is 54.7 Å². The zero-order valence-electron chi connectivity index (χ0n) is 15.9. The molecule has 0 aliphatic rings. The van der Waals surface area contributed by atoms with Crippen molar-refractivity contribution in [3.05, 3.63) is 77.1 Å². The van der Waals surface area contributed by atoms with Crippen LogP contribution in [0.4, 0.5) is 5.69 Å². The maximum absolute atomic E-state index is 12.5. The van der Waals surface area contributed by atoms with Gasteiger partial charge in [-0.1, -0.05) is 24.3 Å². The zero-order chi connectivity index (χ0) is 21.5. The van der Waals surface area contributed by atoms with Crippen LogP contribution in [0.3, 0.4) is 0 Å². The second kappa shape index (κ2) is 9.34. The average molecular weight is 409 g/mol. The van der Waals surface area contributed by atoms with Gasteiger partial charge in [-0.15, -0.1) is 0 Å². The molecule has 0 aliphatic carbocycles. The first-order valence-corrected chi connectivity index (χ1v) is 8.82. The van der Waals surface area contributed by atoms with Crippen molar-refractivity contribution in [2.24, 2.45) is 0 Å². The van der Waals surface area contributed by atoms with Gasteiger partial charge >= 0.3 is 0 Å². The molecule has 10 heteroatoms. The third-order valence-corrected chi connectivity index (χ3v) is 4.24. The first-order valence-electron chi connectivity index (χ1n) is 8.82. The number of carbonyl (C=O) groups is 3. The molecule has 154 valence electrons. The molecule has 0 radical (unpaired) electrons. The first-order chi connectivity index (χ1) is 14.5. The zero-order valence-corrected chi connectivity index (χ0v) is 15.9. The number of para-hydroxylation sites is 1. The highest BCUT2D eigenvalue weighted by Crippen LogP contribution is 2.20. The molecular weight excluding hydrogens is 390 g/mol. The summed E-state index contributed by atoms with van der Waals surface area (Å²) in [5, 5.41) is 20.4. The molecule has 3 rings (SSSR count). The lowest BCUT2D eigenvalue weighted by atomic mass is 10.1. The number of carbonyl (C=O) groups excluding carboxylic acids is 3. The molecule has 2 aromatic carbocycles. The van der Waals surface area contributed by atoms with E-state index in [2.05, 4.69) is 20.8 Å². The first kappa shape index (κ1) is 20.6. The number of methoxy groups -OCH3 is 1. The van der Waals surface area contributed by atoms with E-state index < -0.39 is 17.7 Å². The quantitative estimate of drug-likeness (QED) is 0.297. The van der Waals surface area contributed by atoms with Crippen LogP contribution in [0.1, 0.15) is 36.8 Å². The molecule has 0 bridgehead atoms. The van der Waals surface area contributed by atoms with Crippen molar-refractivity contribution in [3.8, 4) is 5.75 Å². The molecule has 0 saturated carbocycles. The number of aromatic amines is 1. The molecule has 30 heavy (non-hydrogen) atoms. The van der Waals surface area contributed by atoms with E-state index in [0.717, 1.165) is 5.56 Å². The van der Waals surface area contributed by atoms with Crippen LogP contribution in [0.25, 0.3) is 0 Å². The van der Waals surface area contributed by atoms with E-state index in [4.69, 9.17) is 9.94 Å². The van der Waals surface area contributed by atoms with Crippen molar-refractivity contribution < 1.29 is 24.3 Å². The van der Waals surface area contributed by atoms with Crippen LogP contribution < -0.4 is 20.9 Å². The number of hydrogen-bond donors (Lipinski definition) is 5. The number of anilines is 1. The average Bonchev–Trinajstić information content (AvgIpc) is 3.25. The summed E-state index contributed by atoms with van der Waals surface area (Å²) in [6.07, 6.45) is 1.34. The fourth-order valence-corrected chi connectivity index (χ4v) is 2.69. The normalized spacial score (nSPS) is 10.2. The Hall–Kier alpha value is -4.18. The number of nitrogens with zero attached hydrogens (tertiary/aromatic N) is 1. The van der Waals surface area contributed by atoms with Crippen LogP contribution in [0.5, 0.6) is 5.75 Å². The number of rotatable bonds is 7. The Morgan fingerprint density at radius 2 is 1.77 bits per heavy atom. The summed E-state index contributed by atoms with van der Waals surface area (Å²) in [7, 11) is 1.46. The van der Waals surface area contributed by atoms with Gasteiger partial charge in [0, 0.05) is 12.1 Å². The highest BCUT2D eigenvalue weighted by Gasteiger charge is 2.18. The molecular formula is C20H19N5O5. The van der Waals surface area contributed by atoms with Crippen LogP contribution >= 0.6 is 0 Å². The van der Waals surface area contributed by atoms with Crippen molar-refractivity contribution >= 4 is 23.4 Å². The summed E-state index contributed by atoms with van der Waals surface area (Å²) in [5.74, 6) is -1.14. The number of ether oxygens (including phenoxy) is 1. The molecule has 0 saturated heterocycles. The number of amides is 3. The number of H-pyrrole nitrogens is 1. The van der Waals surface area contributed by atoms with Gasteiger partial charge in [-0.3, -0.25) is 24.7 Å². The molecule has 1 aromatic heterocycles. The predicted octanol–water partition coefficient (Wildman–Crippen LogP) is 1.72. The number of benzene rings is 2. The molecule has 0 fully saturated rings. The van der Waals surface area contributed by atoms with Gasteiger partial charge in [-0.2, -0.15) is 5.10 Å². The standard InChI is InChI=1S/C20H19N5O5/c1-30-16-5-3-2-4-14(16)19(27)23-15-11-22-24-17(15)20(28)21-10-12-6-8-13(9-7-12)18(26)25-29/h2-9,11,29H,10H2,1H3,(H,21,28)(H,22,24)(H,23,27)(H,25,26). The van der Waals surface area contributed by atoms with Crippen LogP contribution in [0, 0.1) is 0 Å². The maximum atomic E-state index is 12.5. The van der Waals surface area contributed by atoms with E-state index in [-0.39, 0.29) is 23.5 Å². The van der Waals surface area contributed by atoms with Crippen molar-refractivity contribution in [1.82, 2.24) is 21.0 Å². The molecule has 3 aromatic rings. The van der Waals surface area contributed by atoms with Crippen LogP contribution in [0.2, 0.25) is 0 Å². The molecule has 1 heterocycles. The summed E-state index contributed by atoms with van der Waals surface area (Å²) in [4.78, 5) is 36.4. The molecule has 5 N–H and O–H groups in total. The van der Waals surface area contributed by atoms with Crippen molar-refractivity contribution in [1.29, 1.82) is 0 Å². The van der Waals surface area contributed by atoms with Gasteiger partial charge in [0.2, 0.25) is 0 Å². The van der Waals surface area contributed by atoms with Crippen molar-refractivity contribution in [2.45, 2.75) is 6.54 Å². The summed E-state index contributed by atoms with van der Waals surface area (Å²) in [6.45, 7) is 0.179. The third-order valence-electron chi connectivity index (χ3n) is 4.24. The molecule has 0 aliphatic heterocycles. The summed E-state index contributed by atoms with van der Waals surface area (Å²) in [6, 6.07) is 13.0. The van der Waals surface area contributed by atoms with Gasteiger partial charge in [-0.05, 0) is 29.8 Å². The smallest absolute Gasteiger partial charge is 0.274 e. The third kappa shape index (κ3) is 4.62.